The first-order chi connectivity index (χ1) is 17.1. The van der Waals surface area contributed by atoms with Crippen molar-refractivity contribution < 1.29 is 19.1 Å². The van der Waals surface area contributed by atoms with Crippen LogP contribution in [0, 0.1) is 5.92 Å². The van der Waals surface area contributed by atoms with Crippen LogP contribution in [0.15, 0.2) is 17.1 Å². The van der Waals surface area contributed by atoms with E-state index >= 15 is 0 Å². The first kappa shape index (κ1) is 27.9. The summed E-state index contributed by atoms with van der Waals surface area (Å²) in [6.07, 6.45) is 2.46. The van der Waals surface area contributed by atoms with Crippen LogP contribution in [0.2, 0.25) is 0 Å². The Labute approximate surface area is 220 Å². The van der Waals surface area contributed by atoms with Crippen LogP contribution in [0.5, 0.6) is 0 Å². The van der Waals surface area contributed by atoms with Crippen LogP contribution >= 0.6 is 22.7 Å². The molecule has 198 valence electrons. The summed E-state index contributed by atoms with van der Waals surface area (Å²) in [5, 5.41) is 8.80. The number of amides is 4. The Bertz CT molecular complexity index is 1000. The molecule has 0 spiro atoms. The molecule has 0 bridgehead atoms. The maximum atomic E-state index is 13.3. The number of urea groups is 1. The quantitative estimate of drug-likeness (QED) is 0.503. The average molecular weight is 537 g/mol. The highest BCUT2D eigenvalue weighted by atomic mass is 32.1. The predicted octanol–water partition coefficient (Wildman–Crippen LogP) is 3.81. The van der Waals surface area contributed by atoms with Gasteiger partial charge >= 0.3 is 12.1 Å². The maximum absolute atomic E-state index is 13.3. The number of aromatic nitrogens is 2. The van der Waals surface area contributed by atoms with Crippen molar-refractivity contribution in [1.29, 1.82) is 0 Å². The Morgan fingerprint density at radius 3 is 2.50 bits per heavy atom. The third-order valence-corrected chi connectivity index (χ3v) is 7.93. The van der Waals surface area contributed by atoms with E-state index in [-0.39, 0.29) is 30.5 Å². The van der Waals surface area contributed by atoms with Crippen LogP contribution in [-0.4, -0.2) is 70.0 Å². The number of piperidine rings is 1. The van der Waals surface area contributed by atoms with E-state index in [1.807, 2.05) is 19.2 Å². The lowest BCUT2D eigenvalue weighted by atomic mass is 9.99. The number of hydrogen-bond acceptors (Lipinski definition) is 8. The van der Waals surface area contributed by atoms with Crippen LogP contribution in [0.1, 0.15) is 62.0 Å². The third kappa shape index (κ3) is 7.89. The number of ether oxygens (including phenoxy) is 1. The molecule has 1 fully saturated rings. The van der Waals surface area contributed by atoms with Crippen molar-refractivity contribution in [3.05, 3.63) is 32.7 Å². The van der Waals surface area contributed by atoms with Gasteiger partial charge in [-0.15, -0.1) is 22.7 Å². The number of carbonyl (C=O) groups excluding carboxylic acids is 3. The summed E-state index contributed by atoms with van der Waals surface area (Å²) >= 11 is 3.02. The molecule has 2 N–H and O–H groups in total. The van der Waals surface area contributed by atoms with Gasteiger partial charge in [-0.25, -0.2) is 14.6 Å². The molecule has 1 saturated heterocycles. The molecule has 36 heavy (non-hydrogen) atoms. The number of hydrogen-bond donors (Lipinski definition) is 2. The largest absolute Gasteiger partial charge is 0.444 e. The van der Waals surface area contributed by atoms with E-state index in [4.69, 9.17) is 4.74 Å². The van der Waals surface area contributed by atoms with Gasteiger partial charge in [0.2, 0.25) is 5.91 Å². The number of nitrogens with one attached hydrogen (secondary N) is 2. The molecule has 3 rings (SSSR count). The standard InChI is InChI=1S/C24H36N6O4S2/c1-15(2)20(28-23(32)29(5)11-18-13-35-21(26-18)16(3)4)22(31)30-8-6-17(7-9-30)27-24(33)34-12-19-10-25-14-36-19/h10,13-17,20H,6-9,11-12H2,1-5H3,(H,27,33)(H,28,32). The van der Waals surface area contributed by atoms with Gasteiger partial charge < -0.3 is 25.2 Å². The van der Waals surface area contributed by atoms with Crippen molar-refractivity contribution in [2.75, 3.05) is 20.1 Å². The van der Waals surface area contributed by atoms with Crippen LogP contribution in [0.3, 0.4) is 0 Å². The van der Waals surface area contributed by atoms with Gasteiger partial charge in [0.25, 0.3) is 0 Å². The minimum Gasteiger partial charge on any atom is -0.444 e. The lowest BCUT2D eigenvalue weighted by molar-refractivity contribution is -0.135. The molecule has 1 atom stereocenters. The second kappa shape index (κ2) is 13.0. The Morgan fingerprint density at radius 1 is 1.19 bits per heavy atom. The SMILES string of the molecule is CC(C)c1nc(CN(C)C(=O)NC(C(=O)N2CCC(NC(=O)OCc3cncs3)CC2)C(C)C)cs1. The molecule has 2 aromatic rings. The van der Waals surface area contributed by atoms with Crippen molar-refractivity contribution >= 4 is 40.7 Å². The van der Waals surface area contributed by atoms with E-state index in [2.05, 4.69) is 34.4 Å². The molecular formula is C24H36N6O4S2. The Balaban J connectivity index is 1.46. The van der Waals surface area contributed by atoms with Gasteiger partial charge in [-0.3, -0.25) is 9.78 Å². The minimum absolute atomic E-state index is 0.0601. The number of carbonyl (C=O) groups is 3. The van der Waals surface area contributed by atoms with E-state index < -0.39 is 12.1 Å². The van der Waals surface area contributed by atoms with E-state index in [1.54, 1.807) is 39.9 Å². The number of rotatable bonds is 9. The fourth-order valence-corrected chi connectivity index (χ4v) is 5.16. The summed E-state index contributed by atoms with van der Waals surface area (Å²) in [6, 6.07) is -0.994. The van der Waals surface area contributed by atoms with Crippen LogP contribution in [-0.2, 0) is 22.7 Å². The van der Waals surface area contributed by atoms with Crippen LogP contribution in [0.25, 0.3) is 0 Å². The molecule has 4 amide bonds. The fourth-order valence-electron chi connectivity index (χ4n) is 3.83. The number of nitrogens with zero attached hydrogens (tertiary/aromatic N) is 4. The molecule has 3 heterocycles. The molecule has 10 nitrogen and oxygen atoms in total. The van der Waals surface area contributed by atoms with E-state index in [0.717, 1.165) is 15.6 Å². The highest BCUT2D eigenvalue weighted by Gasteiger charge is 2.32. The zero-order valence-corrected chi connectivity index (χ0v) is 23.2. The monoisotopic (exact) mass is 536 g/mol. The topological polar surface area (TPSA) is 117 Å². The summed E-state index contributed by atoms with van der Waals surface area (Å²) in [5.74, 6) is 0.174. The molecule has 0 radical (unpaired) electrons. The number of thiazole rings is 2. The van der Waals surface area contributed by atoms with Crippen LogP contribution in [0.4, 0.5) is 9.59 Å². The van der Waals surface area contributed by atoms with E-state index in [9.17, 15) is 14.4 Å². The highest BCUT2D eigenvalue weighted by Crippen LogP contribution is 2.20. The Morgan fingerprint density at radius 2 is 1.92 bits per heavy atom. The minimum atomic E-state index is -0.629. The zero-order chi connectivity index (χ0) is 26.2. The lowest BCUT2D eigenvalue weighted by Crippen LogP contribution is -2.56. The first-order valence-electron chi connectivity index (χ1n) is 12.2. The molecule has 0 aliphatic carbocycles. The predicted molar refractivity (Wildman–Crippen MR) is 140 cm³/mol. The fraction of sp³-hybridized carbons (Fsp3) is 0.625. The van der Waals surface area contributed by atoms with Gasteiger partial charge in [0.05, 0.1) is 27.6 Å². The molecule has 0 saturated carbocycles. The molecule has 1 aliphatic heterocycles. The van der Waals surface area contributed by atoms with Crippen molar-refractivity contribution in [2.24, 2.45) is 5.92 Å². The second-order valence-corrected chi connectivity index (χ2v) is 11.5. The highest BCUT2D eigenvalue weighted by molar-refractivity contribution is 7.09. The van der Waals surface area contributed by atoms with Crippen molar-refractivity contribution in [1.82, 2.24) is 30.4 Å². The average Bonchev–Trinajstić information content (AvgIpc) is 3.53. The summed E-state index contributed by atoms with van der Waals surface area (Å²) in [7, 11) is 1.71. The molecule has 1 unspecified atom stereocenters. The third-order valence-electron chi connectivity index (χ3n) is 5.98. The number of alkyl carbamates (subject to hydrolysis) is 1. The van der Waals surface area contributed by atoms with Gasteiger partial charge in [-0.05, 0) is 18.8 Å². The summed E-state index contributed by atoms with van der Waals surface area (Å²) in [4.78, 5) is 51.0. The Hall–Kier alpha value is -2.73. The van der Waals surface area contributed by atoms with Crippen molar-refractivity contribution in [2.45, 2.75) is 71.7 Å². The van der Waals surface area contributed by atoms with Gasteiger partial charge in [0.1, 0.15) is 12.6 Å². The second-order valence-electron chi connectivity index (χ2n) is 9.65. The molecule has 1 aliphatic rings. The van der Waals surface area contributed by atoms with Gasteiger partial charge in [0.15, 0.2) is 0 Å². The van der Waals surface area contributed by atoms with Gasteiger partial charge in [-0.2, -0.15) is 0 Å². The zero-order valence-electron chi connectivity index (χ0n) is 21.5. The van der Waals surface area contributed by atoms with E-state index in [1.165, 1.54) is 11.3 Å². The van der Waals surface area contributed by atoms with Gasteiger partial charge in [0, 0.05) is 43.7 Å². The molecule has 2 aromatic heterocycles. The van der Waals surface area contributed by atoms with Crippen molar-refractivity contribution in [3.8, 4) is 0 Å². The van der Waals surface area contributed by atoms with E-state index in [0.29, 0.717) is 38.4 Å². The van der Waals surface area contributed by atoms with Crippen LogP contribution < -0.4 is 10.6 Å². The summed E-state index contributed by atoms with van der Waals surface area (Å²) < 4.78 is 5.24. The summed E-state index contributed by atoms with van der Waals surface area (Å²) in [5.41, 5.74) is 2.53. The van der Waals surface area contributed by atoms with Gasteiger partial charge in [-0.1, -0.05) is 27.7 Å². The maximum Gasteiger partial charge on any atom is 0.407 e. The lowest BCUT2D eigenvalue weighted by Gasteiger charge is -2.35. The Kier molecular flexibility index (Phi) is 10.1. The normalized spacial score (nSPS) is 15.1. The first-order valence-corrected chi connectivity index (χ1v) is 13.9. The van der Waals surface area contributed by atoms with Crippen molar-refractivity contribution in [3.63, 3.8) is 0 Å². The summed E-state index contributed by atoms with van der Waals surface area (Å²) in [6.45, 7) is 9.61. The molecular weight excluding hydrogens is 500 g/mol. The molecule has 0 aromatic carbocycles. The molecule has 12 heteroatoms. The smallest absolute Gasteiger partial charge is 0.407 e. The number of likely N-dealkylation sites (tertiary alicyclic amines) is 1.